The number of hydrogen-bond donors (Lipinski definition) is 1. The van der Waals surface area contributed by atoms with Gasteiger partial charge < -0.3 is 9.84 Å². The first-order valence-electron chi connectivity index (χ1n) is 4.39. The molecule has 11 heavy (non-hydrogen) atoms. The fourth-order valence-electron chi connectivity index (χ4n) is 0.686. The highest BCUT2D eigenvalue weighted by Crippen LogP contribution is 2.25. The van der Waals surface area contributed by atoms with Gasteiger partial charge in [0.25, 0.3) is 0 Å². The van der Waals surface area contributed by atoms with Gasteiger partial charge in [-0.25, -0.2) is 0 Å². The zero-order chi connectivity index (χ0) is 10.8. The number of phenols is 1. The van der Waals surface area contributed by atoms with E-state index in [9.17, 15) is 9.90 Å². The van der Waals surface area contributed by atoms with Crippen molar-refractivity contribution in [3.05, 3.63) is 23.8 Å². The van der Waals surface area contributed by atoms with Crippen molar-refractivity contribution in [1.82, 2.24) is 0 Å². The Bertz CT molecular complexity index is 346. The summed E-state index contributed by atoms with van der Waals surface area (Å²) in [6.45, 7) is 0. The van der Waals surface area contributed by atoms with Crippen molar-refractivity contribution in [2.24, 2.45) is 0 Å². The number of carbonyl (C=O) groups is 1. The molecule has 0 fully saturated rings. The Kier molecular flexibility index (Phi) is 1.22. The number of benzene rings is 1. The van der Waals surface area contributed by atoms with Gasteiger partial charge in [-0.15, -0.1) is 0 Å². The molecule has 0 atom stereocenters. The summed E-state index contributed by atoms with van der Waals surface area (Å²) < 4.78 is 24.9. The molecule has 0 aliphatic carbocycles. The largest absolute Gasteiger partial charge is 0.504 e. The van der Waals surface area contributed by atoms with Gasteiger partial charge in [-0.05, 0) is 18.2 Å². The van der Waals surface area contributed by atoms with Gasteiger partial charge in [0.15, 0.2) is 11.5 Å². The van der Waals surface area contributed by atoms with E-state index in [1.54, 1.807) is 0 Å². The number of carbonyl (C=O) groups excluding carboxylic acids is 1. The minimum atomic E-state index is -2.64. The molecule has 0 aromatic heterocycles. The van der Waals surface area contributed by atoms with Gasteiger partial charge in [-0.3, -0.25) is 4.79 Å². The fraction of sp³-hybridized carbons (Fsp3) is 0.125. The fourth-order valence-corrected chi connectivity index (χ4v) is 0.686. The Hall–Kier alpha value is -1.51. The van der Waals surface area contributed by atoms with E-state index in [-0.39, 0.29) is 17.1 Å². The van der Waals surface area contributed by atoms with Gasteiger partial charge in [0.05, 0.1) is 11.2 Å². The van der Waals surface area contributed by atoms with Crippen molar-refractivity contribution in [2.45, 2.75) is 0 Å². The first kappa shape index (κ1) is 4.38. The molecule has 0 heterocycles. The summed E-state index contributed by atoms with van der Waals surface area (Å²) >= 11 is 0. The first-order chi connectivity index (χ1) is 6.42. The Morgan fingerprint density at radius 2 is 2.55 bits per heavy atom. The van der Waals surface area contributed by atoms with E-state index in [0.717, 1.165) is 6.07 Å². The summed E-state index contributed by atoms with van der Waals surface area (Å²) in [6.07, 6.45) is 0.534. The van der Waals surface area contributed by atoms with E-state index in [0.29, 0.717) is 6.29 Å². The number of aldehydes is 1. The Balaban J connectivity index is 3.01. The molecule has 0 saturated carbocycles. The molecule has 0 spiro atoms. The highest BCUT2D eigenvalue weighted by atomic mass is 16.5. The van der Waals surface area contributed by atoms with Crippen molar-refractivity contribution in [3.63, 3.8) is 0 Å². The molecule has 0 saturated heterocycles. The highest BCUT2D eigenvalue weighted by Gasteiger charge is 2.00. The minimum absolute atomic E-state index is 0.227. The van der Waals surface area contributed by atoms with Crippen LogP contribution in [0.2, 0.25) is 0 Å². The van der Waals surface area contributed by atoms with E-state index in [4.69, 9.17) is 4.11 Å². The minimum Gasteiger partial charge on any atom is -0.504 e. The van der Waals surface area contributed by atoms with Crippen molar-refractivity contribution >= 4 is 6.29 Å². The third kappa shape index (κ3) is 1.49. The lowest BCUT2D eigenvalue weighted by atomic mass is 10.2. The molecule has 0 aliphatic rings. The van der Waals surface area contributed by atoms with Crippen LogP contribution in [0.3, 0.4) is 0 Å². The normalized spacial score (nSPS) is 14.4. The summed E-state index contributed by atoms with van der Waals surface area (Å²) in [6, 6.07) is 3.72. The average Bonchev–Trinajstić information content (AvgIpc) is 2.06. The molecule has 1 rings (SSSR count). The number of rotatable bonds is 2. The summed E-state index contributed by atoms with van der Waals surface area (Å²) in [4.78, 5) is 10.4. The molecule has 0 unspecified atom stereocenters. The number of phenolic OH excluding ortho intramolecular Hbond substituents is 1. The second-order valence-electron chi connectivity index (χ2n) is 1.95. The van der Waals surface area contributed by atoms with Crippen LogP contribution in [0.15, 0.2) is 18.2 Å². The quantitative estimate of drug-likeness (QED) is 0.653. The van der Waals surface area contributed by atoms with Crippen LogP contribution in [0.4, 0.5) is 0 Å². The van der Waals surface area contributed by atoms with E-state index in [1.165, 1.54) is 12.1 Å². The SMILES string of the molecule is [2H]C([2H])([2H])Oc1cc(C=O)ccc1O. The molecular formula is C8H8O3. The first-order valence-corrected chi connectivity index (χ1v) is 2.89. The lowest BCUT2D eigenvalue weighted by Gasteiger charge is -2.01. The number of ether oxygens (including phenoxy) is 1. The van der Waals surface area contributed by atoms with Crippen molar-refractivity contribution in [1.29, 1.82) is 0 Å². The zero-order valence-electron chi connectivity index (χ0n) is 8.57. The maximum atomic E-state index is 10.4. The monoisotopic (exact) mass is 155 g/mol. The maximum absolute atomic E-state index is 10.4. The van der Waals surface area contributed by atoms with Crippen LogP contribution in [0, 0.1) is 0 Å². The van der Waals surface area contributed by atoms with Crippen LogP contribution < -0.4 is 4.74 Å². The van der Waals surface area contributed by atoms with Crippen LogP contribution in [0.1, 0.15) is 14.5 Å². The molecule has 0 bridgehead atoms. The predicted molar refractivity (Wildman–Crippen MR) is 40.0 cm³/mol. The molecule has 58 valence electrons. The summed E-state index contributed by atoms with van der Waals surface area (Å²) in [5.41, 5.74) is 0.238. The molecule has 0 radical (unpaired) electrons. The predicted octanol–water partition coefficient (Wildman–Crippen LogP) is 1.21. The van der Waals surface area contributed by atoms with Crippen LogP contribution in [0.5, 0.6) is 11.5 Å². The third-order valence-electron chi connectivity index (χ3n) is 1.23. The lowest BCUT2D eigenvalue weighted by Crippen LogP contribution is -1.85. The molecule has 3 heteroatoms. The average molecular weight is 155 g/mol. The van der Waals surface area contributed by atoms with E-state index in [2.05, 4.69) is 4.74 Å². The Morgan fingerprint density at radius 3 is 3.18 bits per heavy atom. The summed E-state index contributed by atoms with van der Waals surface area (Å²) in [5.74, 6) is -0.540. The Labute approximate surface area is 68.4 Å². The van der Waals surface area contributed by atoms with Crippen LogP contribution in [-0.4, -0.2) is 18.4 Å². The maximum Gasteiger partial charge on any atom is 0.161 e. The van der Waals surface area contributed by atoms with Gasteiger partial charge in [0.1, 0.15) is 6.29 Å². The molecular weight excluding hydrogens is 144 g/mol. The van der Waals surface area contributed by atoms with Gasteiger partial charge in [0, 0.05) is 5.56 Å². The Morgan fingerprint density at radius 1 is 1.73 bits per heavy atom. The summed E-state index contributed by atoms with van der Waals surface area (Å²) in [5, 5.41) is 9.20. The van der Waals surface area contributed by atoms with Gasteiger partial charge in [0.2, 0.25) is 0 Å². The van der Waals surface area contributed by atoms with Crippen LogP contribution in [-0.2, 0) is 0 Å². The van der Waals surface area contributed by atoms with Gasteiger partial charge in [-0.2, -0.15) is 0 Å². The van der Waals surface area contributed by atoms with Crippen molar-refractivity contribution < 1.29 is 18.8 Å². The molecule has 1 aromatic carbocycles. The highest BCUT2D eigenvalue weighted by molar-refractivity contribution is 5.76. The molecule has 0 amide bonds. The smallest absolute Gasteiger partial charge is 0.161 e. The standard InChI is InChI=1S/C8H8O3/c1-11-8-4-6(5-9)2-3-7(8)10/h2-5,10H,1H3/i1D3. The number of hydrogen-bond acceptors (Lipinski definition) is 3. The van der Waals surface area contributed by atoms with E-state index < -0.39 is 7.04 Å². The molecule has 1 N–H and O–H groups in total. The van der Waals surface area contributed by atoms with Crippen LogP contribution >= 0.6 is 0 Å². The third-order valence-corrected chi connectivity index (χ3v) is 1.23. The number of methoxy groups -OCH3 is 1. The van der Waals surface area contributed by atoms with E-state index >= 15 is 0 Å². The topological polar surface area (TPSA) is 46.5 Å². The van der Waals surface area contributed by atoms with Crippen molar-refractivity contribution in [2.75, 3.05) is 7.04 Å². The zero-order valence-corrected chi connectivity index (χ0v) is 5.57. The van der Waals surface area contributed by atoms with Gasteiger partial charge >= 0.3 is 0 Å². The lowest BCUT2D eigenvalue weighted by molar-refractivity contribution is 0.112. The van der Waals surface area contributed by atoms with Crippen LogP contribution in [0.25, 0.3) is 0 Å². The number of aromatic hydroxyl groups is 1. The van der Waals surface area contributed by atoms with Gasteiger partial charge in [-0.1, -0.05) is 0 Å². The van der Waals surface area contributed by atoms with Crippen molar-refractivity contribution in [3.8, 4) is 11.5 Å². The second-order valence-corrected chi connectivity index (χ2v) is 1.95. The second kappa shape index (κ2) is 3.05. The van der Waals surface area contributed by atoms with E-state index in [1.807, 2.05) is 0 Å². The molecule has 0 aliphatic heterocycles. The molecule has 1 aromatic rings. The molecule has 3 nitrogen and oxygen atoms in total. The summed E-state index contributed by atoms with van der Waals surface area (Å²) in [7, 11) is -2.64.